The van der Waals surface area contributed by atoms with Gasteiger partial charge in [0.15, 0.2) is 11.5 Å². The molecule has 0 aliphatic carbocycles. The molecule has 3 rings (SSSR count). The Morgan fingerprint density at radius 1 is 1.23 bits per heavy atom. The second-order valence-corrected chi connectivity index (χ2v) is 7.35. The summed E-state index contributed by atoms with van der Waals surface area (Å²) in [5.41, 5.74) is 2.72. The number of aromatic nitrogens is 1. The minimum atomic E-state index is -0.644. The van der Waals surface area contributed by atoms with E-state index in [9.17, 15) is 9.59 Å². The van der Waals surface area contributed by atoms with Crippen molar-refractivity contribution in [3.63, 3.8) is 0 Å². The molecule has 2 N–H and O–H groups in total. The molecule has 0 fully saturated rings. The molecule has 158 valence electrons. The number of ether oxygens (including phenoxy) is 1. The predicted octanol–water partition coefficient (Wildman–Crippen LogP) is 2.97. The van der Waals surface area contributed by atoms with Gasteiger partial charge in [-0.3, -0.25) is 14.6 Å². The number of furan rings is 1. The van der Waals surface area contributed by atoms with Crippen LogP contribution >= 0.6 is 0 Å². The van der Waals surface area contributed by atoms with E-state index in [2.05, 4.69) is 20.6 Å². The van der Waals surface area contributed by atoms with Crippen LogP contribution in [0, 0.1) is 5.92 Å². The number of nitrogens with zero attached hydrogens (tertiary/aromatic N) is 2. The highest BCUT2D eigenvalue weighted by Gasteiger charge is 2.25. The molecule has 2 aromatic rings. The highest BCUT2D eigenvalue weighted by Crippen LogP contribution is 2.23. The van der Waals surface area contributed by atoms with Gasteiger partial charge in [0.05, 0.1) is 6.20 Å². The summed E-state index contributed by atoms with van der Waals surface area (Å²) in [5, 5.41) is 5.26. The summed E-state index contributed by atoms with van der Waals surface area (Å²) in [6, 6.07) is 6.16. The van der Waals surface area contributed by atoms with Gasteiger partial charge in [0.25, 0.3) is 5.91 Å². The van der Waals surface area contributed by atoms with Crippen LogP contribution in [0.15, 0.2) is 51.1 Å². The number of pyridine rings is 1. The molecule has 8 nitrogen and oxygen atoms in total. The van der Waals surface area contributed by atoms with Crippen molar-refractivity contribution < 1.29 is 18.7 Å². The fraction of sp³-hybridized carbons (Fsp3) is 0.364. The van der Waals surface area contributed by atoms with E-state index < -0.39 is 11.9 Å². The van der Waals surface area contributed by atoms with Gasteiger partial charge in [-0.25, -0.2) is 4.98 Å². The Morgan fingerprint density at radius 3 is 2.63 bits per heavy atom. The van der Waals surface area contributed by atoms with Crippen molar-refractivity contribution in [1.82, 2.24) is 15.6 Å². The van der Waals surface area contributed by atoms with Crippen LogP contribution in [0.4, 0.5) is 0 Å². The van der Waals surface area contributed by atoms with E-state index in [0.717, 1.165) is 17.7 Å². The first kappa shape index (κ1) is 21.3. The highest BCUT2D eigenvalue weighted by atomic mass is 16.5. The standard InChI is InChI=1S/C22H26N4O4/c1-13(2)20(22(28)23-4)26-21(27)19-8-7-18(30-19)17-6-5-16(11-25-17)29-12-15-9-10-24-14(15)3/h5-8,10-11,13,20H,9,12H2,1-4H3,(H,23,28)(H,26,27)/t20-/m0/s1. The van der Waals surface area contributed by atoms with Gasteiger partial charge in [0.2, 0.25) is 5.91 Å². The van der Waals surface area contributed by atoms with Crippen LogP contribution in [0.1, 0.15) is 37.7 Å². The van der Waals surface area contributed by atoms with Crippen molar-refractivity contribution in [3.05, 3.63) is 47.5 Å². The monoisotopic (exact) mass is 410 g/mol. The van der Waals surface area contributed by atoms with Crippen molar-refractivity contribution >= 4 is 18.0 Å². The molecular weight excluding hydrogens is 384 g/mol. The van der Waals surface area contributed by atoms with Crippen LogP contribution in [0.25, 0.3) is 11.5 Å². The Morgan fingerprint density at radius 2 is 2.03 bits per heavy atom. The van der Waals surface area contributed by atoms with Gasteiger partial charge in [-0.1, -0.05) is 13.8 Å². The third-order valence-electron chi connectivity index (χ3n) is 4.85. The number of likely N-dealkylation sites (N-methyl/N-ethyl adjacent to an activating group) is 1. The van der Waals surface area contributed by atoms with E-state index in [-0.39, 0.29) is 17.6 Å². The van der Waals surface area contributed by atoms with E-state index in [1.165, 1.54) is 7.05 Å². The molecule has 3 heterocycles. The van der Waals surface area contributed by atoms with Gasteiger partial charge in [-0.15, -0.1) is 0 Å². The summed E-state index contributed by atoms with van der Waals surface area (Å²) >= 11 is 0. The molecule has 0 saturated heterocycles. The molecule has 1 aliphatic rings. The van der Waals surface area contributed by atoms with Gasteiger partial charge >= 0.3 is 0 Å². The predicted molar refractivity (Wildman–Crippen MR) is 113 cm³/mol. The Kier molecular flexibility index (Phi) is 6.66. The summed E-state index contributed by atoms with van der Waals surface area (Å²) in [7, 11) is 1.54. The van der Waals surface area contributed by atoms with Gasteiger partial charge in [0, 0.05) is 25.4 Å². The number of nitrogens with one attached hydrogen (secondary N) is 2. The number of rotatable bonds is 8. The van der Waals surface area contributed by atoms with Crippen LogP contribution in [0.5, 0.6) is 5.75 Å². The zero-order valence-corrected chi connectivity index (χ0v) is 17.6. The van der Waals surface area contributed by atoms with Crippen LogP contribution < -0.4 is 15.4 Å². The maximum absolute atomic E-state index is 12.5. The fourth-order valence-electron chi connectivity index (χ4n) is 2.98. The molecule has 0 saturated carbocycles. The number of amides is 2. The van der Waals surface area contributed by atoms with Crippen molar-refractivity contribution in [2.45, 2.75) is 33.2 Å². The maximum Gasteiger partial charge on any atom is 0.287 e. The zero-order valence-electron chi connectivity index (χ0n) is 17.6. The number of carbonyl (C=O) groups excluding carboxylic acids is 2. The lowest BCUT2D eigenvalue weighted by Gasteiger charge is -2.19. The van der Waals surface area contributed by atoms with Crippen LogP contribution in [0.2, 0.25) is 0 Å². The first-order chi connectivity index (χ1) is 14.4. The highest BCUT2D eigenvalue weighted by molar-refractivity contribution is 5.96. The minimum absolute atomic E-state index is 0.0621. The van der Waals surface area contributed by atoms with E-state index >= 15 is 0 Å². The molecule has 2 aromatic heterocycles. The smallest absolute Gasteiger partial charge is 0.287 e. The van der Waals surface area contributed by atoms with Crippen LogP contribution in [-0.2, 0) is 4.79 Å². The topological polar surface area (TPSA) is 106 Å². The molecular formula is C22H26N4O4. The third kappa shape index (κ3) is 4.94. The van der Waals surface area contributed by atoms with E-state index in [1.807, 2.05) is 27.0 Å². The summed E-state index contributed by atoms with van der Waals surface area (Å²) in [4.78, 5) is 33.0. The molecule has 30 heavy (non-hydrogen) atoms. The van der Waals surface area contributed by atoms with Crippen LogP contribution in [-0.4, -0.2) is 42.7 Å². The third-order valence-corrected chi connectivity index (χ3v) is 4.85. The summed E-state index contributed by atoms with van der Waals surface area (Å²) in [5.74, 6) is 0.443. The van der Waals surface area contributed by atoms with E-state index in [1.54, 1.807) is 30.5 Å². The number of carbonyl (C=O) groups is 2. The second-order valence-electron chi connectivity index (χ2n) is 7.35. The lowest BCUT2D eigenvalue weighted by molar-refractivity contribution is -0.123. The average Bonchev–Trinajstić information content (AvgIpc) is 3.39. The molecule has 1 aliphatic heterocycles. The lowest BCUT2D eigenvalue weighted by atomic mass is 10.0. The van der Waals surface area contributed by atoms with Crippen LogP contribution in [0.3, 0.4) is 0 Å². The first-order valence-electron chi connectivity index (χ1n) is 9.81. The van der Waals surface area contributed by atoms with E-state index in [4.69, 9.17) is 9.15 Å². The quantitative estimate of drug-likeness (QED) is 0.696. The summed E-state index contributed by atoms with van der Waals surface area (Å²) < 4.78 is 11.4. The average molecular weight is 410 g/mol. The van der Waals surface area contributed by atoms with Gasteiger partial charge < -0.3 is 19.8 Å². The van der Waals surface area contributed by atoms with Crippen molar-refractivity contribution in [2.75, 3.05) is 13.7 Å². The number of hydrogen-bond acceptors (Lipinski definition) is 6. The molecule has 0 radical (unpaired) electrons. The molecule has 1 atom stereocenters. The number of hydrogen-bond donors (Lipinski definition) is 2. The molecule has 0 aromatic carbocycles. The minimum Gasteiger partial charge on any atom is -0.488 e. The second kappa shape index (κ2) is 9.39. The normalized spacial score (nSPS) is 14.2. The SMILES string of the molecule is CNC(=O)[C@@H](NC(=O)c1ccc(-c2ccc(OCC3=C(C)N=CC3)cn2)o1)C(C)C. The molecule has 2 amide bonds. The molecule has 0 bridgehead atoms. The Hall–Kier alpha value is -3.42. The van der Waals surface area contributed by atoms with Crippen molar-refractivity contribution in [1.29, 1.82) is 0 Å². The maximum atomic E-state index is 12.5. The summed E-state index contributed by atoms with van der Waals surface area (Å²) in [6.07, 6.45) is 4.30. The lowest BCUT2D eigenvalue weighted by Crippen LogP contribution is -2.48. The molecule has 0 unspecified atom stereocenters. The van der Waals surface area contributed by atoms with E-state index in [0.29, 0.717) is 23.8 Å². The zero-order chi connectivity index (χ0) is 21.7. The van der Waals surface area contributed by atoms with Gasteiger partial charge in [-0.2, -0.15) is 0 Å². The Balaban J connectivity index is 1.63. The molecule has 8 heteroatoms. The number of aliphatic imine (C=N–C) groups is 1. The van der Waals surface area contributed by atoms with Crippen molar-refractivity contribution in [2.24, 2.45) is 10.9 Å². The number of allylic oxidation sites excluding steroid dienone is 1. The Bertz CT molecular complexity index is 973. The summed E-state index contributed by atoms with van der Waals surface area (Å²) in [6.45, 7) is 6.16. The first-order valence-corrected chi connectivity index (χ1v) is 9.81. The van der Waals surface area contributed by atoms with Gasteiger partial charge in [0.1, 0.15) is 24.1 Å². The largest absolute Gasteiger partial charge is 0.488 e. The fourth-order valence-corrected chi connectivity index (χ4v) is 2.98. The van der Waals surface area contributed by atoms with Gasteiger partial charge in [-0.05, 0) is 42.7 Å². The Labute approximate surface area is 175 Å². The van der Waals surface area contributed by atoms with Crippen molar-refractivity contribution in [3.8, 4) is 17.2 Å². The molecule has 0 spiro atoms.